The Morgan fingerprint density at radius 3 is 2.46 bits per heavy atom. The van der Waals surface area contributed by atoms with Crippen LogP contribution in [-0.4, -0.2) is 5.91 Å². The third kappa shape index (κ3) is 3.69. The molecule has 2 aromatic carbocycles. The van der Waals surface area contributed by atoms with Gasteiger partial charge in [-0.15, -0.1) is 11.3 Å². The number of carbonyl (C=O) groups excluding carboxylic acids is 1. The molecule has 2 nitrogen and oxygen atoms in total. The van der Waals surface area contributed by atoms with Gasteiger partial charge in [0.05, 0.1) is 12.2 Å². The molecule has 1 saturated carbocycles. The number of anilines is 1. The fourth-order valence-electron chi connectivity index (χ4n) is 3.17. The summed E-state index contributed by atoms with van der Waals surface area (Å²) >= 11 is 7.69. The highest BCUT2D eigenvalue weighted by Gasteiger charge is 2.30. The first-order chi connectivity index (χ1) is 12.7. The highest BCUT2D eigenvalue weighted by atomic mass is 35.5. The van der Waals surface area contributed by atoms with E-state index in [1.807, 2.05) is 47.4 Å². The average molecular weight is 382 g/mol. The molecular weight excluding hydrogens is 362 g/mol. The quantitative estimate of drug-likeness (QED) is 0.500. The Labute approximate surface area is 163 Å². The molecule has 0 bridgehead atoms. The summed E-state index contributed by atoms with van der Waals surface area (Å²) in [5.41, 5.74) is 3.27. The first kappa shape index (κ1) is 17.3. The van der Waals surface area contributed by atoms with Crippen LogP contribution in [0.1, 0.15) is 24.8 Å². The second-order valence-electron chi connectivity index (χ2n) is 6.71. The van der Waals surface area contributed by atoms with Crippen molar-refractivity contribution in [3.05, 3.63) is 76.6 Å². The van der Waals surface area contributed by atoms with E-state index in [0.29, 0.717) is 11.6 Å². The minimum Gasteiger partial charge on any atom is -0.307 e. The molecule has 26 heavy (non-hydrogen) atoms. The van der Waals surface area contributed by atoms with E-state index in [-0.39, 0.29) is 11.8 Å². The summed E-state index contributed by atoms with van der Waals surface area (Å²) in [6.07, 6.45) is 3.17. The second-order valence-corrected chi connectivity index (χ2v) is 8.06. The normalized spacial score (nSPS) is 14.0. The molecule has 1 heterocycles. The van der Waals surface area contributed by atoms with Gasteiger partial charge in [0.25, 0.3) is 0 Å². The molecule has 1 aliphatic rings. The van der Waals surface area contributed by atoms with Crippen LogP contribution in [0.4, 0.5) is 5.69 Å². The summed E-state index contributed by atoms with van der Waals surface area (Å²) in [4.78, 5) is 16.2. The number of rotatable bonds is 5. The Morgan fingerprint density at radius 2 is 1.81 bits per heavy atom. The summed E-state index contributed by atoms with van der Waals surface area (Å²) in [5.74, 6) is 0.408. The number of nitrogens with zero attached hydrogens (tertiary/aromatic N) is 1. The number of amides is 1. The molecule has 0 spiro atoms. The summed E-state index contributed by atoms with van der Waals surface area (Å²) in [6, 6.07) is 20.2. The molecule has 0 saturated heterocycles. The number of benzene rings is 2. The number of carbonyl (C=O) groups is 1. The largest absolute Gasteiger partial charge is 0.307 e. The van der Waals surface area contributed by atoms with E-state index < -0.39 is 0 Å². The third-order valence-electron chi connectivity index (χ3n) is 4.93. The monoisotopic (exact) mass is 381 g/mol. The van der Waals surface area contributed by atoms with E-state index >= 15 is 0 Å². The molecule has 1 amide bonds. The summed E-state index contributed by atoms with van der Waals surface area (Å²) in [5, 5.41) is 2.81. The molecule has 0 atom stereocenters. The second kappa shape index (κ2) is 7.65. The van der Waals surface area contributed by atoms with E-state index in [2.05, 4.69) is 23.6 Å². The molecule has 4 rings (SSSR count). The minimum atomic E-state index is 0.169. The molecule has 1 aromatic heterocycles. The lowest BCUT2D eigenvalue weighted by Gasteiger charge is -2.31. The number of thiophene rings is 1. The highest BCUT2D eigenvalue weighted by molar-refractivity contribution is 7.14. The van der Waals surface area contributed by atoms with Gasteiger partial charge >= 0.3 is 0 Å². The fraction of sp³-hybridized carbons (Fsp3) is 0.227. The van der Waals surface area contributed by atoms with Gasteiger partial charge in [-0.3, -0.25) is 4.79 Å². The van der Waals surface area contributed by atoms with E-state index in [4.69, 9.17) is 11.6 Å². The van der Waals surface area contributed by atoms with Crippen LogP contribution in [0.3, 0.4) is 0 Å². The third-order valence-corrected chi connectivity index (χ3v) is 6.15. The van der Waals surface area contributed by atoms with Gasteiger partial charge in [-0.2, -0.15) is 0 Å². The van der Waals surface area contributed by atoms with Crippen LogP contribution in [0, 0.1) is 5.92 Å². The molecular formula is C22H20ClNOS. The molecule has 1 fully saturated rings. The van der Waals surface area contributed by atoms with Gasteiger partial charge in [0.15, 0.2) is 0 Å². The lowest BCUT2D eigenvalue weighted by atomic mass is 9.84. The van der Waals surface area contributed by atoms with Crippen LogP contribution in [0.2, 0.25) is 5.02 Å². The minimum absolute atomic E-state index is 0.169. The SMILES string of the molecule is O=C(C1CCC1)N(Cc1ccc(Cl)cc1)c1csc(-c2ccccc2)c1. The predicted molar refractivity (Wildman–Crippen MR) is 110 cm³/mol. The zero-order chi connectivity index (χ0) is 17.9. The van der Waals surface area contributed by atoms with E-state index in [9.17, 15) is 4.79 Å². The van der Waals surface area contributed by atoms with Gasteiger partial charge in [-0.1, -0.05) is 60.5 Å². The molecule has 0 unspecified atom stereocenters. The van der Waals surface area contributed by atoms with Crippen molar-refractivity contribution in [1.29, 1.82) is 0 Å². The fourth-order valence-corrected chi connectivity index (χ4v) is 4.20. The topological polar surface area (TPSA) is 20.3 Å². The van der Waals surface area contributed by atoms with Gasteiger partial charge in [-0.25, -0.2) is 0 Å². The summed E-state index contributed by atoms with van der Waals surface area (Å²) < 4.78 is 0. The van der Waals surface area contributed by atoms with E-state index in [1.165, 1.54) is 10.4 Å². The molecule has 0 aliphatic heterocycles. The molecule has 132 valence electrons. The Kier molecular flexibility index (Phi) is 5.09. The van der Waals surface area contributed by atoms with Crippen LogP contribution < -0.4 is 4.90 Å². The van der Waals surface area contributed by atoms with Crippen molar-refractivity contribution in [3.8, 4) is 10.4 Å². The molecule has 0 radical (unpaired) electrons. The van der Waals surface area contributed by atoms with Gasteiger partial charge in [0.2, 0.25) is 5.91 Å². The lowest BCUT2D eigenvalue weighted by molar-refractivity contribution is -0.124. The predicted octanol–water partition coefficient (Wildman–Crippen LogP) is 6.40. The first-order valence-corrected chi connectivity index (χ1v) is 10.2. The maximum absolute atomic E-state index is 13.0. The van der Waals surface area contributed by atoms with Crippen molar-refractivity contribution in [1.82, 2.24) is 0 Å². The van der Waals surface area contributed by atoms with Crippen LogP contribution in [-0.2, 0) is 11.3 Å². The maximum Gasteiger partial charge on any atom is 0.230 e. The van der Waals surface area contributed by atoms with Gasteiger partial charge in [-0.05, 0) is 42.2 Å². The summed E-state index contributed by atoms with van der Waals surface area (Å²) in [7, 11) is 0. The maximum atomic E-state index is 13.0. The van der Waals surface area contributed by atoms with Crippen LogP contribution in [0.5, 0.6) is 0 Å². The van der Waals surface area contributed by atoms with Crippen LogP contribution >= 0.6 is 22.9 Å². The summed E-state index contributed by atoms with van der Waals surface area (Å²) in [6.45, 7) is 0.581. The van der Waals surface area contributed by atoms with Crippen molar-refractivity contribution in [3.63, 3.8) is 0 Å². The van der Waals surface area contributed by atoms with Crippen molar-refractivity contribution in [2.75, 3.05) is 4.90 Å². The molecule has 4 heteroatoms. The van der Waals surface area contributed by atoms with Gasteiger partial charge < -0.3 is 4.90 Å². The first-order valence-electron chi connectivity index (χ1n) is 8.90. The van der Waals surface area contributed by atoms with Gasteiger partial charge in [0.1, 0.15) is 0 Å². The van der Waals surface area contributed by atoms with Crippen molar-refractivity contribution in [2.45, 2.75) is 25.8 Å². The van der Waals surface area contributed by atoms with E-state index in [0.717, 1.165) is 30.5 Å². The Morgan fingerprint density at radius 1 is 1.08 bits per heavy atom. The lowest BCUT2D eigenvalue weighted by Crippen LogP contribution is -2.38. The average Bonchev–Trinajstić information content (AvgIpc) is 3.10. The number of hydrogen-bond acceptors (Lipinski definition) is 2. The number of halogens is 1. The van der Waals surface area contributed by atoms with Crippen molar-refractivity contribution >= 4 is 34.5 Å². The zero-order valence-electron chi connectivity index (χ0n) is 14.4. The highest BCUT2D eigenvalue weighted by Crippen LogP contribution is 2.36. The smallest absolute Gasteiger partial charge is 0.230 e. The van der Waals surface area contributed by atoms with Gasteiger partial charge in [0, 0.05) is 21.2 Å². The van der Waals surface area contributed by atoms with Crippen LogP contribution in [0.15, 0.2) is 66.0 Å². The van der Waals surface area contributed by atoms with E-state index in [1.54, 1.807) is 11.3 Å². The van der Waals surface area contributed by atoms with Crippen molar-refractivity contribution < 1.29 is 4.79 Å². The Bertz CT molecular complexity index is 884. The van der Waals surface area contributed by atoms with Crippen molar-refractivity contribution in [2.24, 2.45) is 5.92 Å². The molecule has 1 aliphatic carbocycles. The molecule has 3 aromatic rings. The molecule has 0 N–H and O–H groups in total. The number of hydrogen-bond donors (Lipinski definition) is 0. The zero-order valence-corrected chi connectivity index (χ0v) is 16.0. The van der Waals surface area contributed by atoms with Crippen LogP contribution in [0.25, 0.3) is 10.4 Å². The Hall–Kier alpha value is -2.10. The Balaban J connectivity index is 1.63. The standard InChI is InChI=1S/C22H20ClNOS/c23-19-11-9-16(10-12-19)14-24(22(25)18-7-4-8-18)20-13-21(26-15-20)17-5-2-1-3-6-17/h1-3,5-6,9-13,15,18H,4,7-8,14H2.